The number of amides is 2. The van der Waals surface area contributed by atoms with Gasteiger partial charge in [-0.15, -0.1) is 0 Å². The SMILES string of the molecule is CC(=O)O[C@@H](CNC(=O)NC(C)C)[C@H](O)[C@@H](N)CC1CCCCC1. The fraction of sp³-hybridized carbons (Fsp3) is 0.882. The molecule has 1 aliphatic rings. The molecule has 5 N–H and O–H groups in total. The first-order chi connectivity index (χ1) is 11.3. The molecular formula is C17H33N3O4. The largest absolute Gasteiger partial charge is 0.458 e. The van der Waals surface area contributed by atoms with Gasteiger partial charge in [-0.1, -0.05) is 32.1 Å². The summed E-state index contributed by atoms with van der Waals surface area (Å²) in [5.41, 5.74) is 6.14. The van der Waals surface area contributed by atoms with E-state index in [9.17, 15) is 14.7 Å². The highest BCUT2D eigenvalue weighted by molar-refractivity contribution is 5.74. The monoisotopic (exact) mass is 343 g/mol. The fourth-order valence-corrected chi connectivity index (χ4v) is 3.17. The third kappa shape index (κ3) is 7.97. The Labute approximate surface area is 144 Å². The second-order valence-electron chi connectivity index (χ2n) is 7.05. The summed E-state index contributed by atoms with van der Waals surface area (Å²) in [6.07, 6.45) is 4.79. The zero-order chi connectivity index (χ0) is 18.1. The molecule has 0 aliphatic heterocycles. The van der Waals surface area contributed by atoms with Crippen LogP contribution in [0.1, 0.15) is 59.3 Å². The van der Waals surface area contributed by atoms with Crippen molar-refractivity contribution in [2.24, 2.45) is 11.7 Å². The van der Waals surface area contributed by atoms with Gasteiger partial charge in [0.15, 0.2) is 0 Å². The lowest BCUT2D eigenvalue weighted by Crippen LogP contribution is -2.52. The van der Waals surface area contributed by atoms with E-state index in [0.29, 0.717) is 12.3 Å². The van der Waals surface area contributed by atoms with Gasteiger partial charge in [-0.3, -0.25) is 4.79 Å². The fourth-order valence-electron chi connectivity index (χ4n) is 3.17. The minimum Gasteiger partial charge on any atom is -0.458 e. The zero-order valence-corrected chi connectivity index (χ0v) is 15.1. The predicted molar refractivity (Wildman–Crippen MR) is 92.4 cm³/mol. The molecule has 1 fully saturated rings. The summed E-state index contributed by atoms with van der Waals surface area (Å²) >= 11 is 0. The normalized spacial score (nSPS) is 19.4. The van der Waals surface area contributed by atoms with Crippen LogP contribution in [-0.4, -0.2) is 47.9 Å². The Morgan fingerprint density at radius 2 is 1.88 bits per heavy atom. The maximum absolute atomic E-state index is 11.7. The smallest absolute Gasteiger partial charge is 0.315 e. The van der Waals surface area contributed by atoms with Crippen LogP contribution in [-0.2, 0) is 9.53 Å². The summed E-state index contributed by atoms with van der Waals surface area (Å²) in [5, 5.41) is 15.8. The zero-order valence-electron chi connectivity index (χ0n) is 15.1. The van der Waals surface area contributed by atoms with Crippen LogP contribution in [0.2, 0.25) is 0 Å². The molecule has 0 aromatic heterocycles. The number of hydrogen-bond acceptors (Lipinski definition) is 5. The summed E-state index contributed by atoms with van der Waals surface area (Å²) in [6.45, 7) is 4.99. The molecule has 1 aliphatic carbocycles. The molecule has 0 heterocycles. The summed E-state index contributed by atoms with van der Waals surface area (Å²) in [4.78, 5) is 23.0. The van der Waals surface area contributed by atoms with Crippen molar-refractivity contribution in [1.29, 1.82) is 0 Å². The Bertz CT molecular complexity index is 397. The van der Waals surface area contributed by atoms with Gasteiger partial charge in [-0.25, -0.2) is 4.79 Å². The van der Waals surface area contributed by atoms with Gasteiger partial charge in [0.2, 0.25) is 0 Å². The number of urea groups is 1. The van der Waals surface area contributed by atoms with Gasteiger partial charge in [0.25, 0.3) is 0 Å². The molecule has 0 bridgehead atoms. The number of carbonyl (C=O) groups is 2. The van der Waals surface area contributed by atoms with Crippen LogP contribution in [0.15, 0.2) is 0 Å². The number of nitrogens with two attached hydrogens (primary N) is 1. The standard InChI is InChI=1S/C17H33N3O4/c1-11(2)20-17(23)19-10-15(24-12(3)21)16(22)14(18)9-13-7-5-4-6-8-13/h11,13-16,22H,4-10,18H2,1-3H3,(H2,19,20,23)/t14-,15-,16+/m0/s1. The van der Waals surface area contributed by atoms with Crippen molar-refractivity contribution < 1.29 is 19.4 Å². The van der Waals surface area contributed by atoms with Crippen LogP contribution in [0.5, 0.6) is 0 Å². The number of esters is 1. The molecule has 7 nitrogen and oxygen atoms in total. The lowest BCUT2D eigenvalue weighted by atomic mass is 9.83. The van der Waals surface area contributed by atoms with Crippen molar-refractivity contribution in [3.8, 4) is 0 Å². The van der Waals surface area contributed by atoms with Gasteiger partial charge in [-0.2, -0.15) is 0 Å². The Kier molecular flexibility index (Phi) is 9.07. The third-order valence-electron chi connectivity index (χ3n) is 4.35. The number of aliphatic hydroxyl groups is 1. The van der Waals surface area contributed by atoms with Crippen molar-refractivity contribution in [3.63, 3.8) is 0 Å². The maximum Gasteiger partial charge on any atom is 0.315 e. The van der Waals surface area contributed by atoms with Crippen molar-refractivity contribution in [1.82, 2.24) is 10.6 Å². The van der Waals surface area contributed by atoms with Gasteiger partial charge in [0.1, 0.15) is 12.2 Å². The van der Waals surface area contributed by atoms with Gasteiger partial charge in [0, 0.05) is 19.0 Å². The second kappa shape index (κ2) is 10.5. The van der Waals surface area contributed by atoms with E-state index in [1.54, 1.807) is 0 Å². The molecule has 0 unspecified atom stereocenters. The molecule has 0 aromatic carbocycles. The predicted octanol–water partition coefficient (Wildman–Crippen LogP) is 1.28. The molecule has 1 rings (SSSR count). The van der Waals surface area contributed by atoms with E-state index in [0.717, 1.165) is 12.8 Å². The molecule has 2 amide bonds. The van der Waals surface area contributed by atoms with Gasteiger partial charge in [-0.05, 0) is 26.2 Å². The molecule has 24 heavy (non-hydrogen) atoms. The maximum atomic E-state index is 11.7. The number of rotatable bonds is 8. The minimum atomic E-state index is -1.00. The van der Waals surface area contributed by atoms with Crippen LogP contribution in [0.25, 0.3) is 0 Å². The highest BCUT2D eigenvalue weighted by Gasteiger charge is 2.30. The lowest BCUT2D eigenvalue weighted by molar-refractivity contribution is -0.152. The van der Waals surface area contributed by atoms with E-state index in [4.69, 9.17) is 10.5 Å². The quantitative estimate of drug-likeness (QED) is 0.496. The topological polar surface area (TPSA) is 114 Å². The van der Waals surface area contributed by atoms with E-state index in [1.807, 2.05) is 13.8 Å². The van der Waals surface area contributed by atoms with E-state index in [1.165, 1.54) is 26.2 Å². The van der Waals surface area contributed by atoms with E-state index in [2.05, 4.69) is 10.6 Å². The summed E-state index contributed by atoms with van der Waals surface area (Å²) in [7, 11) is 0. The molecule has 3 atom stereocenters. The van der Waals surface area contributed by atoms with Gasteiger partial charge in [0.05, 0.1) is 6.54 Å². The highest BCUT2D eigenvalue weighted by atomic mass is 16.6. The van der Waals surface area contributed by atoms with Crippen LogP contribution in [0.3, 0.4) is 0 Å². The van der Waals surface area contributed by atoms with Crippen LogP contribution >= 0.6 is 0 Å². The van der Waals surface area contributed by atoms with Crippen LogP contribution in [0, 0.1) is 5.92 Å². The second-order valence-corrected chi connectivity index (χ2v) is 7.05. The Balaban J connectivity index is 2.53. The van der Waals surface area contributed by atoms with E-state index < -0.39 is 24.2 Å². The first kappa shape index (κ1) is 20.7. The first-order valence-electron chi connectivity index (χ1n) is 8.94. The number of aliphatic hydroxyl groups excluding tert-OH is 1. The number of nitrogens with one attached hydrogen (secondary N) is 2. The molecule has 7 heteroatoms. The summed E-state index contributed by atoms with van der Waals surface area (Å²) in [6, 6.07) is -0.849. The van der Waals surface area contributed by atoms with Crippen molar-refractivity contribution in [2.45, 2.75) is 83.6 Å². The lowest BCUT2D eigenvalue weighted by Gasteiger charge is -2.31. The first-order valence-corrected chi connectivity index (χ1v) is 8.94. The van der Waals surface area contributed by atoms with Gasteiger partial charge < -0.3 is 26.2 Å². The molecule has 0 radical (unpaired) electrons. The summed E-state index contributed by atoms with van der Waals surface area (Å²) < 4.78 is 5.17. The Morgan fingerprint density at radius 1 is 1.25 bits per heavy atom. The Morgan fingerprint density at radius 3 is 2.42 bits per heavy atom. The third-order valence-corrected chi connectivity index (χ3v) is 4.35. The van der Waals surface area contributed by atoms with Crippen LogP contribution in [0.4, 0.5) is 4.79 Å². The Hall–Kier alpha value is -1.34. The van der Waals surface area contributed by atoms with Crippen molar-refractivity contribution in [2.75, 3.05) is 6.54 Å². The molecular weight excluding hydrogens is 310 g/mol. The highest BCUT2D eigenvalue weighted by Crippen LogP contribution is 2.28. The number of hydrogen-bond donors (Lipinski definition) is 4. The molecule has 0 aromatic rings. The average Bonchev–Trinajstić information content (AvgIpc) is 2.50. The van der Waals surface area contributed by atoms with Crippen LogP contribution < -0.4 is 16.4 Å². The van der Waals surface area contributed by atoms with Gasteiger partial charge >= 0.3 is 12.0 Å². The van der Waals surface area contributed by atoms with Crippen molar-refractivity contribution in [3.05, 3.63) is 0 Å². The molecule has 1 saturated carbocycles. The number of ether oxygens (including phenoxy) is 1. The number of carbonyl (C=O) groups excluding carboxylic acids is 2. The van der Waals surface area contributed by atoms with Crippen molar-refractivity contribution >= 4 is 12.0 Å². The molecule has 0 spiro atoms. The average molecular weight is 343 g/mol. The molecule has 0 saturated heterocycles. The van der Waals surface area contributed by atoms with E-state index in [-0.39, 0.29) is 18.6 Å². The minimum absolute atomic E-state index is 0.00402. The molecule has 140 valence electrons. The summed E-state index contributed by atoms with van der Waals surface area (Å²) in [5.74, 6) is 0.00793. The van der Waals surface area contributed by atoms with E-state index >= 15 is 0 Å².